The molecule has 2 N–H and O–H groups in total. The molecule has 0 unspecified atom stereocenters. The third-order valence-corrected chi connectivity index (χ3v) is 3.23. The minimum Gasteiger partial charge on any atom is -0.489 e. The van der Waals surface area contributed by atoms with Gasteiger partial charge in [0.2, 0.25) is 0 Å². The van der Waals surface area contributed by atoms with Gasteiger partial charge in [-0.3, -0.25) is 9.89 Å². The maximum atomic E-state index is 12.3. The van der Waals surface area contributed by atoms with E-state index in [9.17, 15) is 13.2 Å². The van der Waals surface area contributed by atoms with Crippen molar-refractivity contribution < 1.29 is 17.9 Å². The number of para-hydroxylation sites is 1. The second kappa shape index (κ2) is 12.8. The number of ether oxygens (including phenoxy) is 1. The number of hydrogen-bond donors (Lipinski definition) is 2. The lowest BCUT2D eigenvalue weighted by molar-refractivity contribution is -0.142. The van der Waals surface area contributed by atoms with Gasteiger partial charge in [-0.05, 0) is 13.1 Å². The summed E-state index contributed by atoms with van der Waals surface area (Å²) in [6.45, 7) is 4.17. The largest absolute Gasteiger partial charge is 0.489 e. The summed E-state index contributed by atoms with van der Waals surface area (Å²) in [4.78, 5) is 5.27. The Balaban J connectivity index is 0.00000625. The van der Waals surface area contributed by atoms with E-state index >= 15 is 0 Å². The number of halogens is 4. The van der Waals surface area contributed by atoms with Crippen LogP contribution < -0.4 is 15.4 Å². The van der Waals surface area contributed by atoms with Gasteiger partial charge in [0, 0.05) is 32.2 Å². The van der Waals surface area contributed by atoms with Crippen LogP contribution in [0.2, 0.25) is 0 Å². The van der Waals surface area contributed by atoms with Crippen LogP contribution in [0.15, 0.2) is 41.9 Å². The SMILES string of the molecule is C=CCOc1ccccc1CNC(=NC)NCCN(C)CC(F)(F)F.I. The highest BCUT2D eigenvalue weighted by Crippen LogP contribution is 2.17. The first-order chi connectivity index (χ1) is 11.9. The Morgan fingerprint density at radius 1 is 1.31 bits per heavy atom. The number of aliphatic imine (C=N–C) groups is 1. The summed E-state index contributed by atoms with van der Waals surface area (Å²) in [6, 6.07) is 7.57. The fourth-order valence-corrected chi connectivity index (χ4v) is 2.09. The lowest BCUT2D eigenvalue weighted by Crippen LogP contribution is -2.42. The first-order valence-electron chi connectivity index (χ1n) is 7.87. The lowest BCUT2D eigenvalue weighted by atomic mass is 10.2. The number of rotatable bonds is 9. The van der Waals surface area contributed by atoms with Crippen LogP contribution in [-0.4, -0.2) is 57.4 Å². The van der Waals surface area contributed by atoms with Crippen molar-refractivity contribution in [1.82, 2.24) is 15.5 Å². The van der Waals surface area contributed by atoms with Gasteiger partial charge in [0.25, 0.3) is 0 Å². The summed E-state index contributed by atoms with van der Waals surface area (Å²) in [5, 5.41) is 6.11. The highest BCUT2D eigenvalue weighted by Gasteiger charge is 2.28. The molecule has 0 aliphatic carbocycles. The van der Waals surface area contributed by atoms with Crippen LogP contribution >= 0.6 is 24.0 Å². The Morgan fingerprint density at radius 2 is 2.00 bits per heavy atom. The van der Waals surface area contributed by atoms with Crippen molar-refractivity contribution in [3.63, 3.8) is 0 Å². The highest BCUT2D eigenvalue weighted by atomic mass is 127. The Labute approximate surface area is 169 Å². The molecule has 148 valence electrons. The topological polar surface area (TPSA) is 48.9 Å². The summed E-state index contributed by atoms with van der Waals surface area (Å²) in [6.07, 6.45) is -2.52. The molecule has 1 aromatic rings. The van der Waals surface area contributed by atoms with Gasteiger partial charge in [-0.25, -0.2) is 0 Å². The number of likely N-dealkylation sites (N-methyl/N-ethyl adjacent to an activating group) is 1. The van der Waals surface area contributed by atoms with Gasteiger partial charge in [-0.2, -0.15) is 13.2 Å². The first-order valence-corrected chi connectivity index (χ1v) is 7.87. The Kier molecular flexibility index (Phi) is 12.1. The van der Waals surface area contributed by atoms with Crippen molar-refractivity contribution in [1.29, 1.82) is 0 Å². The molecule has 0 saturated carbocycles. The predicted molar refractivity (Wildman–Crippen MR) is 109 cm³/mol. The summed E-state index contributed by atoms with van der Waals surface area (Å²) in [7, 11) is 3.04. The molecular weight excluding hydrogens is 460 g/mol. The average molecular weight is 486 g/mol. The highest BCUT2D eigenvalue weighted by molar-refractivity contribution is 14.0. The molecular formula is C17H26F3IN4O. The number of benzene rings is 1. The van der Waals surface area contributed by atoms with Gasteiger partial charge in [-0.15, -0.1) is 24.0 Å². The summed E-state index contributed by atoms with van der Waals surface area (Å²) >= 11 is 0. The van der Waals surface area contributed by atoms with E-state index < -0.39 is 12.7 Å². The van der Waals surface area contributed by atoms with E-state index in [4.69, 9.17) is 4.74 Å². The van der Waals surface area contributed by atoms with Crippen molar-refractivity contribution >= 4 is 29.9 Å². The summed E-state index contributed by atoms with van der Waals surface area (Å²) in [5.41, 5.74) is 0.946. The normalized spacial score (nSPS) is 11.7. The summed E-state index contributed by atoms with van der Waals surface area (Å²) < 4.78 is 42.4. The van der Waals surface area contributed by atoms with Gasteiger partial charge in [0.15, 0.2) is 5.96 Å². The van der Waals surface area contributed by atoms with E-state index in [1.165, 1.54) is 11.9 Å². The van der Waals surface area contributed by atoms with Crippen molar-refractivity contribution in [2.75, 3.05) is 40.3 Å². The number of alkyl halides is 3. The molecule has 0 bridgehead atoms. The average Bonchev–Trinajstić information content (AvgIpc) is 2.55. The molecule has 26 heavy (non-hydrogen) atoms. The zero-order valence-corrected chi connectivity index (χ0v) is 17.3. The second-order valence-electron chi connectivity index (χ2n) is 5.41. The van der Waals surface area contributed by atoms with Gasteiger partial charge >= 0.3 is 6.18 Å². The van der Waals surface area contributed by atoms with E-state index in [1.807, 2.05) is 24.3 Å². The zero-order valence-electron chi connectivity index (χ0n) is 15.0. The quantitative estimate of drug-likeness (QED) is 0.244. The van der Waals surface area contributed by atoms with Crippen molar-refractivity contribution in [3.8, 4) is 5.75 Å². The van der Waals surface area contributed by atoms with Gasteiger partial charge in [0.05, 0.1) is 6.54 Å². The fraction of sp³-hybridized carbons (Fsp3) is 0.471. The zero-order chi connectivity index (χ0) is 18.7. The van der Waals surface area contributed by atoms with Crippen LogP contribution in [-0.2, 0) is 6.54 Å². The molecule has 9 heteroatoms. The molecule has 5 nitrogen and oxygen atoms in total. The van der Waals surface area contributed by atoms with Crippen molar-refractivity contribution in [2.24, 2.45) is 4.99 Å². The fourth-order valence-electron chi connectivity index (χ4n) is 2.09. The molecule has 0 aromatic heterocycles. The number of guanidine groups is 1. The second-order valence-corrected chi connectivity index (χ2v) is 5.41. The van der Waals surface area contributed by atoms with Crippen LogP contribution in [0.3, 0.4) is 0 Å². The van der Waals surface area contributed by atoms with Crippen LogP contribution in [0.4, 0.5) is 13.2 Å². The van der Waals surface area contributed by atoms with Crippen molar-refractivity contribution in [2.45, 2.75) is 12.7 Å². The first kappa shape index (κ1) is 24.5. The third kappa shape index (κ3) is 10.5. The molecule has 0 radical (unpaired) electrons. The molecule has 0 aliphatic rings. The van der Waals surface area contributed by atoms with Crippen LogP contribution in [0, 0.1) is 0 Å². The lowest BCUT2D eigenvalue weighted by Gasteiger charge is -2.19. The van der Waals surface area contributed by atoms with Gasteiger partial charge < -0.3 is 15.4 Å². The molecule has 1 aromatic carbocycles. The maximum absolute atomic E-state index is 12.3. The van der Waals surface area contributed by atoms with Crippen LogP contribution in [0.25, 0.3) is 0 Å². The van der Waals surface area contributed by atoms with Gasteiger partial charge in [-0.1, -0.05) is 30.9 Å². The minimum absolute atomic E-state index is 0. The molecule has 0 saturated heterocycles. The monoisotopic (exact) mass is 486 g/mol. The molecule has 0 heterocycles. The number of nitrogens with one attached hydrogen (secondary N) is 2. The molecule has 0 amide bonds. The van der Waals surface area contributed by atoms with E-state index in [-0.39, 0.29) is 30.5 Å². The predicted octanol–water partition coefficient (Wildman–Crippen LogP) is 3.03. The van der Waals surface area contributed by atoms with E-state index in [2.05, 4.69) is 22.2 Å². The molecule has 1 rings (SSSR count). The van der Waals surface area contributed by atoms with E-state index in [0.717, 1.165) is 11.3 Å². The van der Waals surface area contributed by atoms with Gasteiger partial charge in [0.1, 0.15) is 12.4 Å². The maximum Gasteiger partial charge on any atom is 0.401 e. The minimum atomic E-state index is -4.19. The standard InChI is InChI=1S/C17H25F3N4O.HI/c1-4-11-25-15-8-6-5-7-14(15)12-23-16(21-2)22-9-10-24(3)13-17(18,19)20;/h4-8H,1,9-13H2,2-3H3,(H2,21,22,23);1H. The smallest absolute Gasteiger partial charge is 0.401 e. The molecule has 0 fully saturated rings. The number of nitrogens with zero attached hydrogens (tertiary/aromatic N) is 2. The summed E-state index contributed by atoms with van der Waals surface area (Å²) in [5.74, 6) is 1.26. The Morgan fingerprint density at radius 3 is 2.62 bits per heavy atom. The Hall–Kier alpha value is -1.49. The van der Waals surface area contributed by atoms with E-state index in [0.29, 0.717) is 25.7 Å². The molecule has 0 spiro atoms. The van der Waals surface area contributed by atoms with Crippen molar-refractivity contribution in [3.05, 3.63) is 42.5 Å². The van der Waals surface area contributed by atoms with Crippen LogP contribution in [0.5, 0.6) is 5.75 Å². The molecule has 0 aliphatic heterocycles. The third-order valence-electron chi connectivity index (χ3n) is 3.23. The molecule has 0 atom stereocenters. The number of hydrogen-bond acceptors (Lipinski definition) is 3. The van der Waals surface area contributed by atoms with E-state index in [1.54, 1.807) is 13.1 Å². The Bertz CT molecular complexity index is 567. The van der Waals surface area contributed by atoms with Crippen LogP contribution in [0.1, 0.15) is 5.56 Å².